The van der Waals surface area contributed by atoms with Crippen LogP contribution in [0.4, 0.5) is 10.1 Å². The van der Waals surface area contributed by atoms with Crippen molar-refractivity contribution in [2.45, 2.75) is 0 Å². The van der Waals surface area contributed by atoms with Crippen LogP contribution in [0.15, 0.2) is 18.2 Å². The number of piperazine rings is 1. The maximum Gasteiger partial charge on any atom is 0.246 e. The lowest BCUT2D eigenvalue weighted by atomic mass is 10.2. The zero-order valence-electron chi connectivity index (χ0n) is 8.77. The molecule has 1 fully saturated rings. The van der Waals surface area contributed by atoms with Gasteiger partial charge < -0.3 is 4.90 Å². The molecule has 0 radical (unpaired) electrons. The molecular weight excluding hydrogens is 227 g/mol. The van der Waals surface area contributed by atoms with Gasteiger partial charge in [0, 0.05) is 5.56 Å². The molecule has 0 unspecified atom stereocenters. The fourth-order valence-electron chi connectivity index (χ4n) is 1.66. The summed E-state index contributed by atoms with van der Waals surface area (Å²) in [7, 11) is 0. The van der Waals surface area contributed by atoms with Gasteiger partial charge in [0.05, 0.1) is 18.8 Å². The average molecular weight is 236 g/mol. The lowest BCUT2D eigenvalue weighted by Crippen LogP contribution is -2.51. The van der Waals surface area contributed by atoms with Gasteiger partial charge in [-0.25, -0.2) is 4.39 Å². The van der Waals surface area contributed by atoms with Crippen molar-refractivity contribution >= 4 is 23.8 Å². The summed E-state index contributed by atoms with van der Waals surface area (Å²) in [6.07, 6.45) is 0.529. The van der Waals surface area contributed by atoms with Crippen molar-refractivity contribution in [3.63, 3.8) is 0 Å². The van der Waals surface area contributed by atoms with Crippen molar-refractivity contribution in [2.24, 2.45) is 0 Å². The van der Waals surface area contributed by atoms with Crippen LogP contribution in [0.25, 0.3) is 0 Å². The molecule has 2 rings (SSSR count). The number of hydrogen-bond donors (Lipinski definition) is 1. The minimum absolute atomic E-state index is 0.0803. The summed E-state index contributed by atoms with van der Waals surface area (Å²) in [5.41, 5.74) is 0.345. The van der Waals surface area contributed by atoms with E-state index in [9.17, 15) is 18.8 Å². The highest BCUT2D eigenvalue weighted by Crippen LogP contribution is 2.20. The maximum absolute atomic E-state index is 13.6. The van der Waals surface area contributed by atoms with E-state index >= 15 is 0 Å². The Balaban J connectivity index is 2.30. The molecule has 6 heteroatoms. The first-order valence-corrected chi connectivity index (χ1v) is 4.92. The van der Waals surface area contributed by atoms with E-state index in [2.05, 4.69) is 5.32 Å². The lowest BCUT2D eigenvalue weighted by molar-refractivity contribution is -0.130. The summed E-state index contributed by atoms with van der Waals surface area (Å²) in [5.74, 6) is -1.57. The first-order chi connectivity index (χ1) is 8.10. The third-order valence-corrected chi connectivity index (χ3v) is 2.40. The number of halogens is 1. The molecule has 1 aromatic carbocycles. The van der Waals surface area contributed by atoms with Gasteiger partial charge in [-0.05, 0) is 18.2 Å². The maximum atomic E-state index is 13.6. The Labute approximate surface area is 96.2 Å². The second-order valence-corrected chi connectivity index (χ2v) is 3.66. The van der Waals surface area contributed by atoms with Gasteiger partial charge >= 0.3 is 0 Å². The van der Waals surface area contributed by atoms with Crippen molar-refractivity contribution in [1.29, 1.82) is 0 Å². The number of nitrogens with one attached hydrogen (secondary N) is 1. The van der Waals surface area contributed by atoms with Crippen LogP contribution >= 0.6 is 0 Å². The Morgan fingerprint density at radius 3 is 2.41 bits per heavy atom. The number of nitrogens with zero attached hydrogens (tertiary/aromatic N) is 1. The molecular formula is C11H9FN2O3. The van der Waals surface area contributed by atoms with Crippen LogP contribution in [-0.2, 0) is 9.59 Å². The third-order valence-electron chi connectivity index (χ3n) is 2.40. The molecule has 1 aliphatic rings. The molecule has 1 N–H and O–H groups in total. The smallest absolute Gasteiger partial charge is 0.246 e. The molecule has 0 aliphatic carbocycles. The number of amides is 2. The molecule has 0 aromatic heterocycles. The Morgan fingerprint density at radius 1 is 1.24 bits per heavy atom. The number of aldehydes is 1. The number of hydrogen-bond acceptors (Lipinski definition) is 4. The van der Waals surface area contributed by atoms with E-state index in [1.54, 1.807) is 0 Å². The van der Waals surface area contributed by atoms with Crippen molar-refractivity contribution in [1.82, 2.24) is 5.32 Å². The number of imide groups is 1. The average Bonchev–Trinajstić information content (AvgIpc) is 2.27. The Bertz CT molecular complexity index is 485. The summed E-state index contributed by atoms with van der Waals surface area (Å²) in [6, 6.07) is 3.88. The summed E-state index contributed by atoms with van der Waals surface area (Å²) in [4.78, 5) is 34.1. The second-order valence-electron chi connectivity index (χ2n) is 3.66. The van der Waals surface area contributed by atoms with E-state index in [0.717, 1.165) is 6.07 Å². The number of anilines is 1. The van der Waals surface area contributed by atoms with Crippen LogP contribution in [0.3, 0.4) is 0 Å². The molecule has 2 amide bonds. The highest BCUT2D eigenvalue weighted by atomic mass is 19.1. The zero-order chi connectivity index (χ0) is 12.4. The Hall–Kier alpha value is -2.24. The van der Waals surface area contributed by atoms with E-state index < -0.39 is 17.6 Å². The monoisotopic (exact) mass is 236 g/mol. The number of carbonyl (C=O) groups is 3. The van der Waals surface area contributed by atoms with Gasteiger partial charge in [-0.2, -0.15) is 0 Å². The van der Waals surface area contributed by atoms with Crippen molar-refractivity contribution < 1.29 is 18.8 Å². The lowest BCUT2D eigenvalue weighted by Gasteiger charge is -2.27. The predicted octanol–water partition coefficient (Wildman–Crippen LogP) is 0.101. The van der Waals surface area contributed by atoms with Crippen LogP contribution < -0.4 is 10.2 Å². The summed E-state index contributed by atoms with van der Waals surface area (Å²) in [5, 5.41) is 2.12. The predicted molar refractivity (Wildman–Crippen MR) is 57.2 cm³/mol. The summed E-state index contributed by atoms with van der Waals surface area (Å²) < 4.78 is 13.6. The highest BCUT2D eigenvalue weighted by molar-refractivity contribution is 6.02. The molecule has 0 spiro atoms. The molecule has 1 aliphatic heterocycles. The molecule has 0 saturated carbocycles. The summed E-state index contributed by atoms with van der Waals surface area (Å²) >= 11 is 0. The first kappa shape index (κ1) is 11.3. The van der Waals surface area contributed by atoms with Gasteiger partial charge in [-0.15, -0.1) is 0 Å². The minimum atomic E-state index is -0.628. The van der Waals surface area contributed by atoms with Gasteiger partial charge in [0.2, 0.25) is 11.8 Å². The first-order valence-electron chi connectivity index (χ1n) is 4.92. The van der Waals surface area contributed by atoms with E-state index in [0.29, 0.717) is 6.29 Å². The van der Waals surface area contributed by atoms with E-state index in [4.69, 9.17) is 0 Å². The zero-order valence-corrected chi connectivity index (χ0v) is 8.77. The fraction of sp³-hybridized carbons (Fsp3) is 0.182. The van der Waals surface area contributed by atoms with E-state index in [1.165, 1.54) is 17.0 Å². The Kier molecular flexibility index (Phi) is 2.86. The second kappa shape index (κ2) is 4.32. The molecule has 1 heterocycles. The molecule has 5 nitrogen and oxygen atoms in total. The normalized spacial score (nSPS) is 15.7. The van der Waals surface area contributed by atoms with Crippen LogP contribution in [0.5, 0.6) is 0 Å². The van der Waals surface area contributed by atoms with Crippen LogP contribution in [0.1, 0.15) is 10.4 Å². The van der Waals surface area contributed by atoms with Crippen LogP contribution in [-0.4, -0.2) is 31.2 Å². The number of rotatable bonds is 2. The summed E-state index contributed by atoms with van der Waals surface area (Å²) in [6.45, 7) is -0.161. The van der Waals surface area contributed by atoms with Gasteiger partial charge in [0.15, 0.2) is 0 Å². The molecule has 0 bridgehead atoms. The Morgan fingerprint density at radius 2 is 1.88 bits per heavy atom. The van der Waals surface area contributed by atoms with Gasteiger partial charge in [0.1, 0.15) is 12.1 Å². The van der Waals surface area contributed by atoms with Crippen LogP contribution in [0, 0.1) is 5.82 Å². The van der Waals surface area contributed by atoms with E-state index in [1.807, 2.05) is 0 Å². The van der Waals surface area contributed by atoms with Crippen molar-refractivity contribution in [3.05, 3.63) is 29.6 Å². The topological polar surface area (TPSA) is 66.5 Å². The molecule has 1 aromatic rings. The molecule has 17 heavy (non-hydrogen) atoms. The molecule has 1 saturated heterocycles. The van der Waals surface area contributed by atoms with Crippen molar-refractivity contribution in [2.75, 3.05) is 18.0 Å². The number of benzene rings is 1. The van der Waals surface area contributed by atoms with Crippen molar-refractivity contribution in [3.8, 4) is 0 Å². The minimum Gasteiger partial charge on any atom is -0.351 e. The molecule has 88 valence electrons. The highest BCUT2D eigenvalue weighted by Gasteiger charge is 2.24. The van der Waals surface area contributed by atoms with E-state index in [-0.39, 0.29) is 24.3 Å². The van der Waals surface area contributed by atoms with Crippen LogP contribution in [0.2, 0.25) is 0 Å². The SMILES string of the molecule is O=Cc1ccc(N2CC(=O)NC(=O)C2)c(F)c1. The van der Waals surface area contributed by atoms with Gasteiger partial charge in [-0.1, -0.05) is 0 Å². The largest absolute Gasteiger partial charge is 0.351 e. The number of carbonyl (C=O) groups excluding carboxylic acids is 3. The molecule has 0 atom stereocenters. The van der Waals surface area contributed by atoms with Gasteiger partial charge in [-0.3, -0.25) is 19.7 Å². The standard InChI is InChI=1S/C11H9FN2O3/c12-8-3-7(6-15)1-2-9(8)14-4-10(16)13-11(17)5-14/h1-3,6H,4-5H2,(H,13,16,17). The fourth-order valence-corrected chi connectivity index (χ4v) is 1.66. The van der Waals surface area contributed by atoms with Gasteiger partial charge in [0.25, 0.3) is 0 Å². The quantitative estimate of drug-likeness (QED) is 0.584. The third kappa shape index (κ3) is 2.30.